The largest absolute Gasteiger partial charge is 0.479 e. The number of benzene rings is 2. The van der Waals surface area contributed by atoms with Crippen LogP contribution in [0.2, 0.25) is 0 Å². The van der Waals surface area contributed by atoms with Crippen molar-refractivity contribution in [2.75, 3.05) is 6.61 Å². The van der Waals surface area contributed by atoms with Crippen molar-refractivity contribution in [3.05, 3.63) is 71.8 Å². The van der Waals surface area contributed by atoms with Crippen LogP contribution in [0.25, 0.3) is 0 Å². The van der Waals surface area contributed by atoms with E-state index in [1.54, 1.807) is 30.3 Å². The lowest BCUT2D eigenvalue weighted by molar-refractivity contribution is -0.156. The summed E-state index contributed by atoms with van der Waals surface area (Å²) in [5.41, 5.74) is 1.23. The van der Waals surface area contributed by atoms with Crippen LogP contribution in [0.3, 0.4) is 0 Å². The molecule has 0 saturated carbocycles. The van der Waals surface area contributed by atoms with Gasteiger partial charge in [-0.15, -0.1) is 0 Å². The molecule has 0 bridgehead atoms. The lowest BCUT2D eigenvalue weighted by Crippen LogP contribution is -2.43. The van der Waals surface area contributed by atoms with Crippen LogP contribution in [-0.4, -0.2) is 35.6 Å². The van der Waals surface area contributed by atoms with Crippen LogP contribution in [0, 0.1) is 0 Å². The SMILES string of the molecule is O=C(O)COC(=O)C(Cc1ccccc1)NC(=O)c1ccccc1. The Hall–Kier alpha value is -3.15. The molecule has 6 heteroatoms. The standard InChI is InChI=1S/C18H17NO5/c20-16(21)12-24-18(23)15(11-13-7-3-1-4-8-13)19-17(22)14-9-5-2-6-10-14/h1-10,15H,11-12H2,(H,19,22)(H,20,21). The van der Waals surface area contributed by atoms with E-state index in [2.05, 4.69) is 5.32 Å². The predicted molar refractivity (Wildman–Crippen MR) is 86.4 cm³/mol. The Kier molecular flexibility index (Phi) is 6.08. The summed E-state index contributed by atoms with van der Waals surface area (Å²) in [6, 6.07) is 16.6. The zero-order valence-electron chi connectivity index (χ0n) is 12.8. The van der Waals surface area contributed by atoms with Gasteiger partial charge < -0.3 is 15.2 Å². The van der Waals surface area contributed by atoms with Gasteiger partial charge in [0.15, 0.2) is 6.61 Å². The highest BCUT2D eigenvalue weighted by Crippen LogP contribution is 2.07. The zero-order chi connectivity index (χ0) is 17.4. The molecule has 2 rings (SSSR count). The fourth-order valence-corrected chi connectivity index (χ4v) is 2.11. The molecule has 2 aromatic carbocycles. The Morgan fingerprint density at radius 2 is 1.54 bits per heavy atom. The number of rotatable bonds is 7. The molecule has 0 aliphatic heterocycles. The zero-order valence-corrected chi connectivity index (χ0v) is 12.8. The van der Waals surface area contributed by atoms with Crippen molar-refractivity contribution in [2.45, 2.75) is 12.5 Å². The van der Waals surface area contributed by atoms with E-state index in [1.165, 1.54) is 0 Å². The molecule has 1 atom stereocenters. The summed E-state index contributed by atoms with van der Waals surface area (Å²) in [7, 11) is 0. The molecule has 24 heavy (non-hydrogen) atoms. The van der Waals surface area contributed by atoms with E-state index >= 15 is 0 Å². The van der Waals surface area contributed by atoms with Gasteiger partial charge in [0.1, 0.15) is 6.04 Å². The maximum atomic E-state index is 12.3. The Morgan fingerprint density at radius 3 is 2.12 bits per heavy atom. The molecule has 1 amide bonds. The van der Waals surface area contributed by atoms with Gasteiger partial charge in [0.2, 0.25) is 0 Å². The van der Waals surface area contributed by atoms with E-state index in [1.807, 2.05) is 30.3 Å². The quantitative estimate of drug-likeness (QED) is 0.755. The van der Waals surface area contributed by atoms with Gasteiger partial charge >= 0.3 is 11.9 Å². The van der Waals surface area contributed by atoms with E-state index in [4.69, 9.17) is 9.84 Å². The summed E-state index contributed by atoms with van der Waals surface area (Å²) in [6.07, 6.45) is 0.206. The molecule has 0 aliphatic carbocycles. The van der Waals surface area contributed by atoms with Crippen LogP contribution in [-0.2, 0) is 20.7 Å². The number of aliphatic carboxylic acids is 1. The van der Waals surface area contributed by atoms with Gasteiger partial charge in [0, 0.05) is 12.0 Å². The van der Waals surface area contributed by atoms with Gasteiger partial charge in [-0.3, -0.25) is 4.79 Å². The van der Waals surface area contributed by atoms with Gasteiger partial charge in [-0.05, 0) is 17.7 Å². The molecule has 0 fully saturated rings. The number of nitrogens with one attached hydrogen (secondary N) is 1. The van der Waals surface area contributed by atoms with Crippen LogP contribution in [0.15, 0.2) is 60.7 Å². The Bertz CT molecular complexity index is 700. The Labute approximate surface area is 139 Å². The number of esters is 1. The lowest BCUT2D eigenvalue weighted by Gasteiger charge is -2.17. The molecule has 2 N–H and O–H groups in total. The molecular weight excluding hydrogens is 310 g/mol. The van der Waals surface area contributed by atoms with Crippen LogP contribution in [0.1, 0.15) is 15.9 Å². The first-order chi connectivity index (χ1) is 11.6. The minimum Gasteiger partial charge on any atom is -0.479 e. The number of carboxylic acids is 1. The number of ether oxygens (including phenoxy) is 1. The second-order valence-electron chi connectivity index (χ2n) is 5.08. The number of carbonyl (C=O) groups excluding carboxylic acids is 2. The van der Waals surface area contributed by atoms with Crippen LogP contribution >= 0.6 is 0 Å². The summed E-state index contributed by atoms with van der Waals surface area (Å²) >= 11 is 0. The van der Waals surface area contributed by atoms with E-state index < -0.39 is 30.5 Å². The van der Waals surface area contributed by atoms with E-state index in [-0.39, 0.29) is 6.42 Å². The first kappa shape index (κ1) is 17.2. The van der Waals surface area contributed by atoms with E-state index in [9.17, 15) is 14.4 Å². The average molecular weight is 327 g/mol. The first-order valence-corrected chi connectivity index (χ1v) is 7.34. The molecular formula is C18H17NO5. The number of hydrogen-bond acceptors (Lipinski definition) is 4. The second-order valence-corrected chi connectivity index (χ2v) is 5.08. The van der Waals surface area contributed by atoms with Crippen molar-refractivity contribution in [1.82, 2.24) is 5.32 Å². The summed E-state index contributed by atoms with van der Waals surface area (Å²) < 4.78 is 4.72. The number of carbonyl (C=O) groups is 3. The summed E-state index contributed by atoms with van der Waals surface area (Å²) in [5.74, 6) is -2.47. The molecule has 124 valence electrons. The van der Waals surface area contributed by atoms with Gasteiger partial charge in [0.05, 0.1) is 0 Å². The lowest BCUT2D eigenvalue weighted by atomic mass is 10.1. The van der Waals surface area contributed by atoms with Gasteiger partial charge in [-0.2, -0.15) is 0 Å². The minimum atomic E-state index is -1.25. The summed E-state index contributed by atoms with van der Waals surface area (Å²) in [6.45, 7) is -0.745. The molecule has 0 aliphatic rings. The molecule has 0 heterocycles. The molecule has 1 unspecified atom stereocenters. The van der Waals surface area contributed by atoms with E-state index in [0.717, 1.165) is 5.56 Å². The second kappa shape index (κ2) is 8.47. The maximum absolute atomic E-state index is 12.3. The van der Waals surface area contributed by atoms with Gasteiger partial charge in [-0.1, -0.05) is 48.5 Å². The highest BCUT2D eigenvalue weighted by molar-refractivity contribution is 5.96. The Balaban J connectivity index is 2.11. The molecule has 2 aromatic rings. The van der Waals surface area contributed by atoms with Gasteiger partial charge in [-0.25, -0.2) is 9.59 Å². The highest BCUT2D eigenvalue weighted by atomic mass is 16.6. The van der Waals surface area contributed by atoms with Crippen molar-refractivity contribution in [3.8, 4) is 0 Å². The van der Waals surface area contributed by atoms with Crippen molar-refractivity contribution in [3.63, 3.8) is 0 Å². The molecule has 0 saturated heterocycles. The number of amides is 1. The molecule has 0 radical (unpaired) electrons. The monoisotopic (exact) mass is 327 g/mol. The maximum Gasteiger partial charge on any atom is 0.341 e. The normalized spacial score (nSPS) is 11.3. The third-order valence-electron chi connectivity index (χ3n) is 3.25. The third kappa shape index (κ3) is 5.24. The molecule has 0 aromatic heterocycles. The smallest absolute Gasteiger partial charge is 0.341 e. The van der Waals surface area contributed by atoms with Crippen molar-refractivity contribution < 1.29 is 24.2 Å². The third-order valence-corrected chi connectivity index (χ3v) is 3.25. The summed E-state index contributed by atoms with van der Waals surface area (Å²) in [4.78, 5) is 34.9. The molecule has 0 spiro atoms. The van der Waals surface area contributed by atoms with E-state index in [0.29, 0.717) is 5.56 Å². The predicted octanol–water partition coefficient (Wildman–Crippen LogP) is 1.66. The Morgan fingerprint density at radius 1 is 0.958 bits per heavy atom. The van der Waals surface area contributed by atoms with Crippen molar-refractivity contribution in [2.24, 2.45) is 0 Å². The first-order valence-electron chi connectivity index (χ1n) is 7.34. The highest BCUT2D eigenvalue weighted by Gasteiger charge is 2.24. The fourth-order valence-electron chi connectivity index (χ4n) is 2.11. The van der Waals surface area contributed by atoms with Crippen molar-refractivity contribution >= 4 is 17.8 Å². The number of hydrogen-bond donors (Lipinski definition) is 2. The van der Waals surface area contributed by atoms with Crippen LogP contribution < -0.4 is 5.32 Å². The topological polar surface area (TPSA) is 92.7 Å². The summed E-state index contributed by atoms with van der Waals surface area (Å²) in [5, 5.41) is 11.2. The van der Waals surface area contributed by atoms with Crippen LogP contribution in [0.4, 0.5) is 0 Å². The van der Waals surface area contributed by atoms with Gasteiger partial charge in [0.25, 0.3) is 5.91 Å². The average Bonchev–Trinajstić information content (AvgIpc) is 2.60. The van der Waals surface area contributed by atoms with Crippen LogP contribution in [0.5, 0.6) is 0 Å². The number of carboxylic acid groups (broad SMARTS) is 1. The fraction of sp³-hybridized carbons (Fsp3) is 0.167. The van der Waals surface area contributed by atoms with Crippen molar-refractivity contribution in [1.29, 1.82) is 0 Å². The minimum absolute atomic E-state index is 0.206. The molecule has 6 nitrogen and oxygen atoms in total.